The molecule has 0 atom stereocenters. The first-order valence-electron chi connectivity index (χ1n) is 4.78. The van der Waals surface area contributed by atoms with Gasteiger partial charge in [0.1, 0.15) is 0 Å². The molecule has 0 radical (unpaired) electrons. The summed E-state index contributed by atoms with van der Waals surface area (Å²) < 4.78 is 1.92. The van der Waals surface area contributed by atoms with Crippen LogP contribution in [0, 0.1) is 6.92 Å². The second kappa shape index (κ2) is 4.22. The summed E-state index contributed by atoms with van der Waals surface area (Å²) in [6.07, 6.45) is 3.59. The third-order valence-electron chi connectivity index (χ3n) is 2.01. The Bertz CT molecular complexity index is 359. The monoisotopic (exact) mass is 191 g/mol. The van der Waals surface area contributed by atoms with Crippen LogP contribution in [-0.2, 0) is 0 Å². The largest absolute Gasteiger partial charge is 0.245 e. The molecule has 0 spiro atoms. The summed E-state index contributed by atoms with van der Waals surface area (Å²) in [5.74, 6) is 0.928. The van der Waals surface area contributed by atoms with E-state index in [1.165, 1.54) is 0 Å². The van der Waals surface area contributed by atoms with Gasteiger partial charge in [-0.3, -0.25) is 0 Å². The van der Waals surface area contributed by atoms with Crippen LogP contribution in [0.3, 0.4) is 0 Å². The predicted molar refractivity (Wildman–Crippen MR) is 60.3 cm³/mol. The topological polar surface area (TPSA) is 30.2 Å². The Hall–Kier alpha value is -1.38. The highest BCUT2D eigenvalue weighted by Crippen LogP contribution is 2.21. The lowest BCUT2D eigenvalue weighted by atomic mass is 10.3. The summed E-state index contributed by atoms with van der Waals surface area (Å²) >= 11 is 0. The molecule has 0 aliphatic carbocycles. The third-order valence-corrected chi connectivity index (χ3v) is 2.01. The molecule has 0 unspecified atom stereocenters. The van der Waals surface area contributed by atoms with E-state index in [-0.39, 0.29) is 0 Å². The first-order valence-corrected chi connectivity index (χ1v) is 4.78. The molecule has 1 heterocycles. The second-order valence-electron chi connectivity index (χ2n) is 3.65. The van der Waals surface area contributed by atoms with Crippen LogP contribution in [0.1, 0.15) is 32.4 Å². The standard InChI is InChI=1S/C11H17N3/c1-6-10(5)13-11-9(4)7-12-14(11)8(2)3/h6-8H,1H2,2-5H3/b13-10-. The van der Waals surface area contributed by atoms with E-state index in [4.69, 9.17) is 0 Å². The Morgan fingerprint density at radius 2 is 2.29 bits per heavy atom. The summed E-state index contributed by atoms with van der Waals surface area (Å²) in [5.41, 5.74) is 2.01. The smallest absolute Gasteiger partial charge is 0.153 e. The van der Waals surface area contributed by atoms with Crippen LogP contribution in [-0.4, -0.2) is 15.5 Å². The lowest BCUT2D eigenvalue weighted by Crippen LogP contribution is -2.02. The van der Waals surface area contributed by atoms with Crippen LogP contribution in [0.4, 0.5) is 5.82 Å². The van der Waals surface area contributed by atoms with Gasteiger partial charge in [-0.2, -0.15) is 5.10 Å². The number of allylic oxidation sites excluding steroid dienone is 1. The van der Waals surface area contributed by atoms with E-state index >= 15 is 0 Å². The SMILES string of the molecule is C=C/C(C)=N\c1c(C)cnn1C(C)C. The molecule has 0 aromatic carbocycles. The van der Waals surface area contributed by atoms with Crippen molar-refractivity contribution in [2.45, 2.75) is 33.7 Å². The highest BCUT2D eigenvalue weighted by atomic mass is 15.3. The fourth-order valence-corrected chi connectivity index (χ4v) is 1.17. The molecular weight excluding hydrogens is 174 g/mol. The fourth-order valence-electron chi connectivity index (χ4n) is 1.17. The maximum Gasteiger partial charge on any atom is 0.153 e. The van der Waals surface area contributed by atoms with Gasteiger partial charge in [-0.15, -0.1) is 0 Å². The zero-order valence-electron chi connectivity index (χ0n) is 9.28. The van der Waals surface area contributed by atoms with Crippen LogP contribution in [0.2, 0.25) is 0 Å². The molecule has 0 bridgehead atoms. The van der Waals surface area contributed by atoms with Crippen molar-refractivity contribution in [2.75, 3.05) is 0 Å². The molecule has 1 rings (SSSR count). The number of aliphatic imine (C=N–C) groups is 1. The van der Waals surface area contributed by atoms with Crippen molar-refractivity contribution in [1.82, 2.24) is 9.78 Å². The average molecular weight is 191 g/mol. The van der Waals surface area contributed by atoms with E-state index in [1.807, 2.05) is 24.7 Å². The summed E-state index contributed by atoms with van der Waals surface area (Å²) in [4.78, 5) is 4.46. The number of hydrogen-bond acceptors (Lipinski definition) is 2. The van der Waals surface area contributed by atoms with E-state index in [9.17, 15) is 0 Å². The van der Waals surface area contributed by atoms with Crippen LogP contribution < -0.4 is 0 Å². The van der Waals surface area contributed by atoms with Crippen molar-refractivity contribution in [1.29, 1.82) is 0 Å². The van der Waals surface area contributed by atoms with E-state index in [2.05, 4.69) is 30.5 Å². The van der Waals surface area contributed by atoms with Crippen molar-refractivity contribution < 1.29 is 0 Å². The number of aromatic nitrogens is 2. The van der Waals surface area contributed by atoms with E-state index in [0.717, 1.165) is 17.1 Å². The molecular formula is C11H17N3. The average Bonchev–Trinajstić information content (AvgIpc) is 2.48. The van der Waals surface area contributed by atoms with Crippen LogP contribution in [0.25, 0.3) is 0 Å². The normalized spacial score (nSPS) is 12.2. The fraction of sp³-hybridized carbons (Fsp3) is 0.455. The zero-order chi connectivity index (χ0) is 10.7. The van der Waals surface area contributed by atoms with Gasteiger partial charge in [0, 0.05) is 17.3 Å². The third kappa shape index (κ3) is 2.10. The molecule has 0 saturated heterocycles. The predicted octanol–water partition coefficient (Wildman–Crippen LogP) is 3.05. The van der Waals surface area contributed by atoms with Gasteiger partial charge in [-0.05, 0) is 33.8 Å². The Morgan fingerprint density at radius 1 is 1.64 bits per heavy atom. The first kappa shape index (κ1) is 10.7. The Labute approximate surface area is 85.2 Å². The maximum atomic E-state index is 4.46. The van der Waals surface area contributed by atoms with Crippen LogP contribution >= 0.6 is 0 Å². The van der Waals surface area contributed by atoms with Crippen molar-refractivity contribution in [3.05, 3.63) is 24.4 Å². The molecule has 0 amide bonds. The lowest BCUT2D eigenvalue weighted by molar-refractivity contribution is 0.537. The molecule has 1 aromatic heterocycles. The molecule has 0 fully saturated rings. The Morgan fingerprint density at radius 3 is 2.79 bits per heavy atom. The minimum Gasteiger partial charge on any atom is -0.245 e. The molecule has 0 aliphatic rings. The summed E-state index contributed by atoms with van der Waals surface area (Å²) in [5, 5.41) is 4.28. The molecule has 0 N–H and O–H groups in total. The van der Waals surface area contributed by atoms with Crippen LogP contribution in [0.15, 0.2) is 23.8 Å². The highest BCUT2D eigenvalue weighted by Gasteiger charge is 2.08. The minimum atomic E-state index is 0.333. The van der Waals surface area contributed by atoms with Crippen LogP contribution in [0.5, 0.6) is 0 Å². The molecule has 1 aromatic rings. The zero-order valence-corrected chi connectivity index (χ0v) is 9.28. The number of rotatable bonds is 3. The van der Waals surface area contributed by atoms with Gasteiger partial charge in [0.25, 0.3) is 0 Å². The van der Waals surface area contributed by atoms with Crippen molar-refractivity contribution in [2.24, 2.45) is 4.99 Å². The second-order valence-corrected chi connectivity index (χ2v) is 3.65. The molecule has 0 aliphatic heterocycles. The Kier molecular flexibility index (Phi) is 3.23. The molecule has 3 heteroatoms. The van der Waals surface area contributed by atoms with Gasteiger partial charge < -0.3 is 0 Å². The lowest BCUT2D eigenvalue weighted by Gasteiger charge is -2.08. The number of aryl methyl sites for hydroxylation is 1. The molecule has 0 saturated carbocycles. The number of hydrogen-bond donors (Lipinski definition) is 0. The summed E-state index contributed by atoms with van der Waals surface area (Å²) in [6, 6.07) is 0.333. The van der Waals surface area contributed by atoms with Gasteiger partial charge >= 0.3 is 0 Å². The van der Waals surface area contributed by atoms with Crippen molar-refractivity contribution in [3.8, 4) is 0 Å². The van der Waals surface area contributed by atoms with Gasteiger partial charge in [-0.1, -0.05) is 6.58 Å². The van der Waals surface area contributed by atoms with Crippen molar-refractivity contribution >= 4 is 11.5 Å². The van der Waals surface area contributed by atoms with Crippen molar-refractivity contribution in [3.63, 3.8) is 0 Å². The van der Waals surface area contributed by atoms with E-state index in [0.29, 0.717) is 6.04 Å². The van der Waals surface area contributed by atoms with E-state index < -0.39 is 0 Å². The first-order chi connectivity index (χ1) is 6.56. The quantitative estimate of drug-likeness (QED) is 0.675. The summed E-state index contributed by atoms with van der Waals surface area (Å²) in [7, 11) is 0. The number of nitrogens with zero attached hydrogens (tertiary/aromatic N) is 3. The van der Waals surface area contributed by atoms with Gasteiger partial charge in [0.05, 0.1) is 6.20 Å². The maximum absolute atomic E-state index is 4.46. The van der Waals surface area contributed by atoms with E-state index in [1.54, 1.807) is 6.08 Å². The highest BCUT2D eigenvalue weighted by molar-refractivity contribution is 5.94. The van der Waals surface area contributed by atoms with Gasteiger partial charge in [0.2, 0.25) is 0 Å². The van der Waals surface area contributed by atoms with Gasteiger partial charge in [-0.25, -0.2) is 9.67 Å². The molecule has 3 nitrogen and oxygen atoms in total. The van der Waals surface area contributed by atoms with Gasteiger partial charge in [0.15, 0.2) is 5.82 Å². The molecule has 76 valence electrons. The Balaban J connectivity index is 3.18. The molecule has 14 heavy (non-hydrogen) atoms. The minimum absolute atomic E-state index is 0.333. The summed E-state index contributed by atoms with van der Waals surface area (Å²) in [6.45, 7) is 11.8.